The standard InChI is InChI=1S/C19H17ClN4O5S3/c20-15-5-6-16(30-15)32(26,27)24-7-1-2-11(9-24)18-22-23-19(31-18)17(25)21-12-3-4-13-14(8-12)29-10-28-13/h3-6,8,11H,1-2,7,9-10H2,(H,21,25)/t11-/m1/s1. The van der Waals surface area contributed by atoms with Crippen LogP contribution in [0, 0.1) is 0 Å². The van der Waals surface area contributed by atoms with Crippen molar-refractivity contribution in [3.63, 3.8) is 0 Å². The monoisotopic (exact) mass is 512 g/mol. The van der Waals surface area contributed by atoms with Crippen molar-refractivity contribution in [1.82, 2.24) is 14.5 Å². The van der Waals surface area contributed by atoms with Crippen molar-refractivity contribution in [1.29, 1.82) is 0 Å². The number of piperidine rings is 1. The molecule has 0 aliphatic carbocycles. The summed E-state index contributed by atoms with van der Waals surface area (Å²) in [5, 5.41) is 11.8. The van der Waals surface area contributed by atoms with Gasteiger partial charge in [-0.1, -0.05) is 22.9 Å². The molecule has 2 aliphatic heterocycles. The number of thiophene rings is 1. The Morgan fingerprint density at radius 3 is 2.81 bits per heavy atom. The minimum absolute atomic E-state index is 0.126. The Balaban J connectivity index is 1.28. The summed E-state index contributed by atoms with van der Waals surface area (Å²) in [4.78, 5) is 12.6. The van der Waals surface area contributed by atoms with E-state index in [-0.39, 0.29) is 34.4 Å². The van der Waals surface area contributed by atoms with Crippen LogP contribution in [0.4, 0.5) is 5.69 Å². The van der Waals surface area contributed by atoms with Gasteiger partial charge >= 0.3 is 0 Å². The van der Waals surface area contributed by atoms with Crippen molar-refractivity contribution < 1.29 is 22.7 Å². The van der Waals surface area contributed by atoms with Crippen molar-refractivity contribution in [3.8, 4) is 11.5 Å². The smallest absolute Gasteiger partial charge is 0.286 e. The lowest BCUT2D eigenvalue weighted by Gasteiger charge is -2.30. The van der Waals surface area contributed by atoms with Crippen molar-refractivity contribution in [3.05, 3.63) is 44.7 Å². The van der Waals surface area contributed by atoms with Crippen LogP contribution in [-0.2, 0) is 10.0 Å². The number of carbonyl (C=O) groups excluding carboxylic acids is 1. The number of hydrogen-bond acceptors (Lipinski definition) is 9. The van der Waals surface area contributed by atoms with E-state index in [1.807, 2.05) is 0 Å². The molecule has 1 atom stereocenters. The number of halogens is 1. The lowest BCUT2D eigenvalue weighted by molar-refractivity contribution is 0.102. The molecule has 1 aromatic carbocycles. The molecule has 1 saturated heterocycles. The molecule has 3 aromatic rings. The van der Waals surface area contributed by atoms with Crippen molar-refractivity contribution in [2.75, 3.05) is 25.2 Å². The van der Waals surface area contributed by atoms with Crippen LogP contribution in [0.25, 0.3) is 0 Å². The van der Waals surface area contributed by atoms with Crippen LogP contribution in [-0.4, -0.2) is 48.7 Å². The van der Waals surface area contributed by atoms with Gasteiger partial charge in [-0.05, 0) is 37.1 Å². The zero-order valence-corrected chi connectivity index (χ0v) is 19.7. The summed E-state index contributed by atoms with van der Waals surface area (Å²) in [6.07, 6.45) is 1.47. The zero-order chi connectivity index (χ0) is 22.3. The van der Waals surface area contributed by atoms with Gasteiger partial charge in [0.05, 0.1) is 4.34 Å². The molecule has 13 heteroatoms. The molecular formula is C19H17ClN4O5S3. The van der Waals surface area contributed by atoms with E-state index in [4.69, 9.17) is 21.1 Å². The van der Waals surface area contributed by atoms with Crippen LogP contribution >= 0.6 is 34.3 Å². The van der Waals surface area contributed by atoms with Crippen LogP contribution < -0.4 is 14.8 Å². The second kappa shape index (κ2) is 8.60. The number of nitrogens with zero attached hydrogens (tertiary/aromatic N) is 3. The lowest BCUT2D eigenvalue weighted by atomic mass is 10.0. The van der Waals surface area contributed by atoms with Gasteiger partial charge < -0.3 is 14.8 Å². The maximum absolute atomic E-state index is 12.9. The van der Waals surface area contributed by atoms with E-state index < -0.39 is 10.0 Å². The SMILES string of the molecule is O=C(Nc1ccc2c(c1)OCO2)c1nnc([C@@H]2CCCN(S(=O)(=O)c3ccc(Cl)s3)C2)s1. The molecule has 9 nitrogen and oxygen atoms in total. The van der Waals surface area contributed by atoms with E-state index in [2.05, 4.69) is 15.5 Å². The lowest BCUT2D eigenvalue weighted by Crippen LogP contribution is -2.38. The number of fused-ring (bicyclic) bond motifs is 1. The average Bonchev–Trinajstić information content (AvgIpc) is 3.54. The highest BCUT2D eigenvalue weighted by atomic mass is 35.5. The number of sulfonamides is 1. The van der Waals surface area contributed by atoms with E-state index in [9.17, 15) is 13.2 Å². The first-order chi connectivity index (χ1) is 15.4. The average molecular weight is 513 g/mol. The fraction of sp³-hybridized carbons (Fsp3) is 0.316. The number of amides is 1. The van der Waals surface area contributed by atoms with Gasteiger partial charge in [-0.25, -0.2) is 8.42 Å². The molecule has 4 heterocycles. The van der Waals surface area contributed by atoms with Crippen molar-refractivity contribution >= 4 is 55.9 Å². The van der Waals surface area contributed by atoms with Crippen molar-refractivity contribution in [2.24, 2.45) is 0 Å². The molecule has 0 saturated carbocycles. The molecule has 0 unspecified atom stereocenters. The van der Waals surface area contributed by atoms with E-state index in [0.717, 1.165) is 17.8 Å². The minimum Gasteiger partial charge on any atom is -0.454 e. The second-order valence-corrected chi connectivity index (χ2v) is 12.1. The Labute approximate surface area is 197 Å². The van der Waals surface area contributed by atoms with E-state index in [0.29, 0.717) is 39.5 Å². The van der Waals surface area contributed by atoms with E-state index in [1.54, 1.807) is 24.3 Å². The molecule has 5 rings (SSSR count). The number of hydrogen-bond donors (Lipinski definition) is 1. The molecular weight excluding hydrogens is 496 g/mol. The molecule has 0 spiro atoms. The summed E-state index contributed by atoms with van der Waals surface area (Å²) >= 11 is 8.13. The Morgan fingerprint density at radius 2 is 2.00 bits per heavy atom. The molecule has 1 amide bonds. The van der Waals surface area contributed by atoms with Gasteiger partial charge in [-0.3, -0.25) is 4.79 Å². The van der Waals surface area contributed by atoms with Gasteiger partial charge in [0.2, 0.25) is 11.8 Å². The molecule has 2 aliphatic rings. The minimum atomic E-state index is -3.61. The quantitative estimate of drug-likeness (QED) is 0.553. The fourth-order valence-corrected chi connectivity index (χ4v) is 7.60. The first kappa shape index (κ1) is 21.6. The van der Waals surface area contributed by atoms with E-state index >= 15 is 0 Å². The molecule has 168 valence electrons. The van der Waals surface area contributed by atoms with Gasteiger partial charge in [-0.15, -0.1) is 21.5 Å². The summed E-state index contributed by atoms with van der Waals surface area (Å²) in [6, 6.07) is 8.23. The molecule has 0 radical (unpaired) electrons. The summed E-state index contributed by atoms with van der Waals surface area (Å²) in [5.41, 5.74) is 0.556. The highest BCUT2D eigenvalue weighted by Crippen LogP contribution is 2.36. The van der Waals surface area contributed by atoms with Crippen LogP contribution in [0.15, 0.2) is 34.5 Å². The Morgan fingerprint density at radius 1 is 1.16 bits per heavy atom. The van der Waals surface area contributed by atoms with Gasteiger partial charge in [0.1, 0.15) is 9.22 Å². The Hall–Kier alpha value is -2.25. The van der Waals surface area contributed by atoms with Gasteiger partial charge in [-0.2, -0.15) is 4.31 Å². The Bertz CT molecular complexity index is 1280. The largest absolute Gasteiger partial charge is 0.454 e. The normalized spacial score (nSPS) is 18.6. The summed E-state index contributed by atoms with van der Waals surface area (Å²) in [6.45, 7) is 0.876. The summed E-state index contributed by atoms with van der Waals surface area (Å²) in [7, 11) is -3.61. The second-order valence-electron chi connectivity index (χ2n) is 7.23. The molecule has 1 N–H and O–H groups in total. The van der Waals surface area contributed by atoms with Crippen LogP contribution in [0.3, 0.4) is 0 Å². The number of carbonyl (C=O) groups is 1. The molecule has 1 fully saturated rings. The highest BCUT2D eigenvalue weighted by Gasteiger charge is 2.33. The molecule has 0 bridgehead atoms. The third-order valence-corrected chi connectivity index (χ3v) is 9.79. The number of nitrogens with one attached hydrogen (secondary N) is 1. The maximum Gasteiger partial charge on any atom is 0.286 e. The molecule has 2 aromatic heterocycles. The molecule has 32 heavy (non-hydrogen) atoms. The Kier molecular flexibility index (Phi) is 5.80. The third kappa shape index (κ3) is 4.20. The summed E-state index contributed by atoms with van der Waals surface area (Å²) in [5.74, 6) is 0.679. The number of anilines is 1. The number of rotatable bonds is 5. The van der Waals surface area contributed by atoms with Gasteiger partial charge in [0.25, 0.3) is 15.9 Å². The van der Waals surface area contributed by atoms with Crippen LogP contribution in [0.5, 0.6) is 11.5 Å². The van der Waals surface area contributed by atoms with E-state index in [1.165, 1.54) is 21.7 Å². The first-order valence-corrected chi connectivity index (χ1v) is 13.1. The summed E-state index contributed by atoms with van der Waals surface area (Å²) < 4.78 is 38.6. The number of benzene rings is 1. The van der Waals surface area contributed by atoms with Crippen molar-refractivity contribution in [2.45, 2.75) is 23.0 Å². The third-order valence-electron chi connectivity index (χ3n) is 5.14. The van der Waals surface area contributed by atoms with Gasteiger partial charge in [0.15, 0.2) is 11.5 Å². The number of ether oxygens (including phenoxy) is 2. The van der Waals surface area contributed by atoms with Crippen LogP contribution in [0.1, 0.15) is 33.6 Å². The predicted molar refractivity (Wildman–Crippen MR) is 120 cm³/mol. The number of aromatic nitrogens is 2. The highest BCUT2D eigenvalue weighted by molar-refractivity contribution is 7.91. The predicted octanol–water partition coefficient (Wildman–Crippen LogP) is 3.80. The van der Waals surface area contributed by atoms with Crippen LogP contribution in [0.2, 0.25) is 4.34 Å². The maximum atomic E-state index is 12.9. The zero-order valence-electron chi connectivity index (χ0n) is 16.5. The fourth-order valence-electron chi connectivity index (χ4n) is 3.58. The first-order valence-electron chi connectivity index (χ1n) is 9.70. The topological polar surface area (TPSA) is 111 Å². The van der Waals surface area contributed by atoms with Gasteiger partial charge in [0, 0.05) is 30.8 Å².